The first-order valence-corrected chi connectivity index (χ1v) is 10.2. The number of nitrogens with zero attached hydrogens (tertiary/aromatic N) is 1. The van der Waals surface area contributed by atoms with E-state index < -0.39 is 0 Å². The predicted molar refractivity (Wildman–Crippen MR) is 112 cm³/mol. The van der Waals surface area contributed by atoms with E-state index in [9.17, 15) is 4.79 Å². The van der Waals surface area contributed by atoms with Gasteiger partial charge in [-0.2, -0.15) is 0 Å². The van der Waals surface area contributed by atoms with Gasteiger partial charge in [-0.3, -0.25) is 9.69 Å². The van der Waals surface area contributed by atoms with Gasteiger partial charge in [-0.25, -0.2) is 0 Å². The molecular weight excluding hydrogens is 352 g/mol. The smallest absolute Gasteiger partial charge is 0.238 e. The molecule has 1 amide bonds. The van der Waals surface area contributed by atoms with Gasteiger partial charge in [-0.05, 0) is 60.0 Å². The number of carbonyl (C=O) groups excluding carboxylic acids is 1. The van der Waals surface area contributed by atoms with E-state index in [1.54, 1.807) is 0 Å². The van der Waals surface area contributed by atoms with Gasteiger partial charge in [-0.15, -0.1) is 11.3 Å². The number of aryl methyl sites for hydroxylation is 2. The summed E-state index contributed by atoms with van der Waals surface area (Å²) in [6.07, 6.45) is 1.01. The van der Waals surface area contributed by atoms with Gasteiger partial charge in [0.05, 0.1) is 12.6 Å². The summed E-state index contributed by atoms with van der Waals surface area (Å²) in [5.41, 5.74) is 5.74. The van der Waals surface area contributed by atoms with E-state index in [4.69, 9.17) is 0 Å². The number of fused-ring (bicyclic) bond motifs is 1. The molecule has 4 heteroatoms. The van der Waals surface area contributed by atoms with E-state index in [-0.39, 0.29) is 11.9 Å². The average Bonchev–Trinajstić information content (AvgIpc) is 3.14. The highest BCUT2D eigenvalue weighted by molar-refractivity contribution is 7.10. The van der Waals surface area contributed by atoms with Gasteiger partial charge in [0.2, 0.25) is 5.91 Å². The summed E-state index contributed by atoms with van der Waals surface area (Å²) in [6, 6.07) is 19.0. The third kappa shape index (κ3) is 3.82. The molecule has 2 aromatic carbocycles. The first-order valence-electron chi connectivity index (χ1n) is 9.34. The van der Waals surface area contributed by atoms with Crippen LogP contribution in [-0.4, -0.2) is 23.9 Å². The molecule has 138 valence electrons. The Balaban J connectivity index is 1.57. The highest BCUT2D eigenvalue weighted by Gasteiger charge is 2.30. The SMILES string of the molecule is Cc1ccc(C)c(NC(=O)CN2CCc3sccc3[C@@H]2c2ccccc2)c1. The van der Waals surface area contributed by atoms with Crippen molar-refractivity contribution in [2.24, 2.45) is 0 Å². The van der Waals surface area contributed by atoms with E-state index in [0.29, 0.717) is 6.54 Å². The van der Waals surface area contributed by atoms with Crippen molar-refractivity contribution in [3.05, 3.63) is 87.1 Å². The number of benzene rings is 2. The number of carbonyl (C=O) groups is 1. The second kappa shape index (κ2) is 7.67. The second-order valence-corrected chi connectivity index (χ2v) is 8.20. The van der Waals surface area contributed by atoms with Gasteiger partial charge in [0.1, 0.15) is 0 Å². The normalized spacial score (nSPS) is 16.7. The number of hydrogen-bond acceptors (Lipinski definition) is 3. The molecule has 0 saturated carbocycles. The Kier molecular flexibility index (Phi) is 5.10. The molecule has 0 radical (unpaired) electrons. The number of rotatable bonds is 4. The van der Waals surface area contributed by atoms with Crippen molar-refractivity contribution in [1.29, 1.82) is 0 Å². The van der Waals surface area contributed by atoms with Crippen LogP contribution in [0.2, 0.25) is 0 Å². The molecule has 1 atom stereocenters. The quantitative estimate of drug-likeness (QED) is 0.699. The van der Waals surface area contributed by atoms with Crippen LogP contribution in [0, 0.1) is 13.8 Å². The van der Waals surface area contributed by atoms with Gasteiger partial charge < -0.3 is 5.32 Å². The van der Waals surface area contributed by atoms with Gasteiger partial charge in [0, 0.05) is 17.1 Å². The number of amides is 1. The van der Waals surface area contributed by atoms with Gasteiger partial charge in [-0.1, -0.05) is 42.5 Å². The maximum absolute atomic E-state index is 12.8. The van der Waals surface area contributed by atoms with Crippen molar-refractivity contribution in [2.75, 3.05) is 18.4 Å². The molecule has 0 aliphatic carbocycles. The monoisotopic (exact) mass is 376 g/mol. The summed E-state index contributed by atoms with van der Waals surface area (Å²) in [5, 5.41) is 5.28. The van der Waals surface area contributed by atoms with E-state index >= 15 is 0 Å². The zero-order chi connectivity index (χ0) is 18.8. The molecule has 27 heavy (non-hydrogen) atoms. The first kappa shape index (κ1) is 18.0. The van der Waals surface area contributed by atoms with Crippen LogP contribution in [0.15, 0.2) is 60.0 Å². The number of anilines is 1. The maximum atomic E-state index is 12.8. The molecule has 1 N–H and O–H groups in total. The summed E-state index contributed by atoms with van der Waals surface area (Å²) in [4.78, 5) is 16.6. The van der Waals surface area contributed by atoms with Crippen molar-refractivity contribution in [2.45, 2.75) is 26.3 Å². The molecule has 3 nitrogen and oxygen atoms in total. The lowest BCUT2D eigenvalue weighted by atomic mass is 9.93. The van der Waals surface area contributed by atoms with Gasteiger partial charge in [0.25, 0.3) is 0 Å². The third-order valence-corrected chi connectivity index (χ3v) is 6.19. The summed E-state index contributed by atoms with van der Waals surface area (Å²) in [7, 11) is 0. The van der Waals surface area contributed by atoms with E-state index in [0.717, 1.165) is 29.8 Å². The van der Waals surface area contributed by atoms with Crippen LogP contribution in [0.1, 0.15) is 33.2 Å². The Morgan fingerprint density at radius 1 is 1.15 bits per heavy atom. The van der Waals surface area contributed by atoms with Crippen molar-refractivity contribution in [1.82, 2.24) is 4.90 Å². The molecule has 1 aromatic heterocycles. The summed E-state index contributed by atoms with van der Waals surface area (Å²) in [6.45, 7) is 5.36. The molecule has 3 aromatic rings. The Morgan fingerprint density at radius 3 is 2.78 bits per heavy atom. The Labute approximate surface area is 164 Å². The molecule has 0 bridgehead atoms. The van der Waals surface area contributed by atoms with E-state index in [1.165, 1.54) is 16.0 Å². The second-order valence-electron chi connectivity index (χ2n) is 7.20. The summed E-state index contributed by atoms with van der Waals surface area (Å²) >= 11 is 1.82. The standard InChI is InChI=1S/C23H24N2OS/c1-16-8-9-17(2)20(14-16)24-22(26)15-25-12-10-21-19(11-13-27-21)23(25)18-6-4-3-5-7-18/h3-9,11,13-14,23H,10,12,15H2,1-2H3,(H,24,26)/t23-/m0/s1. The molecule has 1 aliphatic heterocycles. The number of nitrogens with one attached hydrogen (secondary N) is 1. The Morgan fingerprint density at radius 2 is 1.96 bits per heavy atom. The largest absolute Gasteiger partial charge is 0.325 e. The first-order chi connectivity index (χ1) is 13.1. The third-order valence-electron chi connectivity index (χ3n) is 5.19. The van der Waals surface area contributed by atoms with Crippen LogP contribution in [0.4, 0.5) is 5.69 Å². The highest BCUT2D eigenvalue weighted by atomic mass is 32.1. The molecular formula is C23H24N2OS. The average molecular weight is 377 g/mol. The molecule has 0 saturated heterocycles. The van der Waals surface area contributed by atoms with Crippen LogP contribution in [0.3, 0.4) is 0 Å². The summed E-state index contributed by atoms with van der Waals surface area (Å²) in [5.74, 6) is 0.0447. The lowest BCUT2D eigenvalue weighted by Gasteiger charge is -2.35. The van der Waals surface area contributed by atoms with Crippen LogP contribution in [0.5, 0.6) is 0 Å². The predicted octanol–water partition coefficient (Wildman–Crippen LogP) is 4.95. The molecule has 0 fully saturated rings. The maximum Gasteiger partial charge on any atom is 0.238 e. The van der Waals surface area contributed by atoms with Crippen molar-refractivity contribution in [3.8, 4) is 0 Å². The van der Waals surface area contributed by atoms with Gasteiger partial charge >= 0.3 is 0 Å². The van der Waals surface area contributed by atoms with Gasteiger partial charge in [0.15, 0.2) is 0 Å². The Bertz CT molecular complexity index is 948. The molecule has 4 rings (SSSR count). The molecule has 0 unspecified atom stereocenters. The van der Waals surface area contributed by atoms with Crippen LogP contribution < -0.4 is 5.32 Å². The Hall–Kier alpha value is -2.43. The minimum atomic E-state index is 0.0447. The van der Waals surface area contributed by atoms with Crippen LogP contribution in [0.25, 0.3) is 0 Å². The molecule has 1 aliphatic rings. The lowest BCUT2D eigenvalue weighted by molar-refractivity contribution is -0.117. The van der Waals surface area contributed by atoms with Crippen molar-refractivity contribution in [3.63, 3.8) is 0 Å². The summed E-state index contributed by atoms with van der Waals surface area (Å²) < 4.78 is 0. The van der Waals surface area contributed by atoms with E-state index in [2.05, 4.69) is 58.1 Å². The topological polar surface area (TPSA) is 32.3 Å². The molecule has 2 heterocycles. The van der Waals surface area contributed by atoms with Crippen molar-refractivity contribution < 1.29 is 4.79 Å². The minimum Gasteiger partial charge on any atom is -0.325 e. The van der Waals surface area contributed by atoms with Crippen LogP contribution >= 0.6 is 11.3 Å². The number of hydrogen-bond donors (Lipinski definition) is 1. The fraction of sp³-hybridized carbons (Fsp3) is 0.261. The zero-order valence-corrected chi connectivity index (χ0v) is 16.6. The minimum absolute atomic E-state index is 0.0447. The zero-order valence-electron chi connectivity index (χ0n) is 15.7. The lowest BCUT2D eigenvalue weighted by Crippen LogP contribution is -2.40. The fourth-order valence-electron chi connectivity index (χ4n) is 3.81. The molecule has 0 spiro atoms. The van der Waals surface area contributed by atoms with Crippen molar-refractivity contribution >= 4 is 22.9 Å². The van der Waals surface area contributed by atoms with E-state index in [1.807, 2.05) is 37.3 Å². The number of thiophene rings is 1. The highest BCUT2D eigenvalue weighted by Crippen LogP contribution is 2.37. The van der Waals surface area contributed by atoms with Crippen LogP contribution in [-0.2, 0) is 11.2 Å². The fourth-order valence-corrected chi connectivity index (χ4v) is 4.71.